The molecular formula is C21H21N5O2. The number of ketones is 1. The fourth-order valence-electron chi connectivity index (χ4n) is 2.47. The van der Waals surface area contributed by atoms with Crippen LogP contribution in [-0.2, 0) is 0 Å². The van der Waals surface area contributed by atoms with Crippen LogP contribution in [0.15, 0.2) is 60.9 Å². The molecule has 3 rings (SSSR count). The van der Waals surface area contributed by atoms with Crippen LogP contribution < -0.4 is 15.5 Å². The minimum absolute atomic E-state index is 0.0225. The summed E-state index contributed by atoms with van der Waals surface area (Å²) in [6.45, 7) is 1.50. The van der Waals surface area contributed by atoms with Crippen LogP contribution in [0, 0.1) is 0 Å². The Bertz CT molecular complexity index is 965. The summed E-state index contributed by atoms with van der Waals surface area (Å²) in [6.07, 6.45) is 2.92. The van der Waals surface area contributed by atoms with E-state index in [1.54, 1.807) is 24.3 Å². The molecular weight excluding hydrogens is 354 g/mol. The summed E-state index contributed by atoms with van der Waals surface area (Å²) < 4.78 is 0. The van der Waals surface area contributed by atoms with Gasteiger partial charge in [-0.15, -0.1) is 0 Å². The number of aromatic nitrogens is 2. The molecule has 0 bridgehead atoms. The second-order valence-corrected chi connectivity index (χ2v) is 6.45. The van der Waals surface area contributed by atoms with E-state index < -0.39 is 0 Å². The number of nitrogens with zero attached hydrogens (tertiary/aromatic N) is 3. The van der Waals surface area contributed by atoms with Gasteiger partial charge >= 0.3 is 0 Å². The van der Waals surface area contributed by atoms with Gasteiger partial charge in [0.1, 0.15) is 0 Å². The van der Waals surface area contributed by atoms with Gasteiger partial charge in [-0.2, -0.15) is 0 Å². The van der Waals surface area contributed by atoms with Gasteiger partial charge < -0.3 is 15.5 Å². The van der Waals surface area contributed by atoms with Crippen molar-refractivity contribution in [1.29, 1.82) is 0 Å². The summed E-state index contributed by atoms with van der Waals surface area (Å²) >= 11 is 0. The number of rotatable bonds is 6. The average Bonchev–Trinajstić information content (AvgIpc) is 2.69. The minimum Gasteiger partial charge on any atom is -0.378 e. The lowest BCUT2D eigenvalue weighted by Gasteiger charge is -2.13. The maximum atomic E-state index is 12.3. The number of nitrogens with one attached hydrogen (secondary N) is 2. The van der Waals surface area contributed by atoms with Crippen molar-refractivity contribution in [2.45, 2.75) is 6.92 Å². The molecule has 0 unspecified atom stereocenters. The molecule has 0 saturated carbocycles. The van der Waals surface area contributed by atoms with Crippen molar-refractivity contribution in [2.24, 2.45) is 0 Å². The van der Waals surface area contributed by atoms with Crippen LogP contribution in [-0.4, -0.2) is 35.8 Å². The summed E-state index contributed by atoms with van der Waals surface area (Å²) in [5, 5.41) is 5.85. The highest BCUT2D eigenvalue weighted by atomic mass is 16.1. The molecule has 3 aromatic rings. The first-order valence-electron chi connectivity index (χ1n) is 8.71. The van der Waals surface area contributed by atoms with Crippen molar-refractivity contribution < 1.29 is 9.59 Å². The lowest BCUT2D eigenvalue weighted by molar-refractivity contribution is 0.101. The maximum Gasteiger partial charge on any atom is 0.258 e. The zero-order chi connectivity index (χ0) is 20.1. The quantitative estimate of drug-likeness (QED) is 0.638. The molecule has 2 N–H and O–H groups in total. The summed E-state index contributed by atoms with van der Waals surface area (Å²) in [5.41, 5.74) is 3.47. The number of benzene rings is 2. The third kappa shape index (κ3) is 4.70. The van der Waals surface area contributed by atoms with Crippen LogP contribution in [0.2, 0.25) is 0 Å². The Morgan fingerprint density at radius 3 is 1.93 bits per heavy atom. The Balaban J connectivity index is 1.63. The monoisotopic (exact) mass is 375 g/mol. The Kier molecular flexibility index (Phi) is 5.64. The molecule has 0 saturated heterocycles. The van der Waals surface area contributed by atoms with Crippen LogP contribution in [0.4, 0.5) is 23.0 Å². The predicted octanol–water partition coefficient (Wildman–Crippen LogP) is 3.74. The van der Waals surface area contributed by atoms with Gasteiger partial charge in [-0.1, -0.05) is 0 Å². The first-order chi connectivity index (χ1) is 13.4. The van der Waals surface area contributed by atoms with Gasteiger partial charge in [-0.05, 0) is 55.5 Å². The molecule has 7 heteroatoms. The van der Waals surface area contributed by atoms with Gasteiger partial charge in [0.05, 0.1) is 5.56 Å². The fraction of sp³-hybridized carbons (Fsp3) is 0.143. The predicted molar refractivity (Wildman–Crippen MR) is 110 cm³/mol. The van der Waals surface area contributed by atoms with Crippen molar-refractivity contribution in [2.75, 3.05) is 29.6 Å². The number of anilines is 4. The Labute approximate surface area is 163 Å². The van der Waals surface area contributed by atoms with E-state index >= 15 is 0 Å². The Hall–Kier alpha value is -3.74. The van der Waals surface area contributed by atoms with Gasteiger partial charge in [0, 0.05) is 49.1 Å². The second-order valence-electron chi connectivity index (χ2n) is 6.45. The van der Waals surface area contributed by atoms with Gasteiger partial charge in [-0.25, -0.2) is 9.97 Å². The van der Waals surface area contributed by atoms with E-state index in [-0.39, 0.29) is 11.7 Å². The van der Waals surface area contributed by atoms with E-state index in [2.05, 4.69) is 20.6 Å². The largest absolute Gasteiger partial charge is 0.378 e. The number of hydrogen-bond donors (Lipinski definition) is 2. The lowest BCUT2D eigenvalue weighted by Crippen LogP contribution is -2.13. The molecule has 0 fully saturated rings. The van der Waals surface area contributed by atoms with Gasteiger partial charge in [0.25, 0.3) is 5.91 Å². The molecule has 0 atom stereocenters. The molecule has 0 radical (unpaired) electrons. The lowest BCUT2D eigenvalue weighted by atomic mass is 10.1. The van der Waals surface area contributed by atoms with Crippen molar-refractivity contribution in [3.63, 3.8) is 0 Å². The van der Waals surface area contributed by atoms with Crippen molar-refractivity contribution >= 4 is 34.7 Å². The Morgan fingerprint density at radius 1 is 0.821 bits per heavy atom. The van der Waals surface area contributed by atoms with Gasteiger partial charge in [0.15, 0.2) is 5.78 Å². The third-order valence-corrected chi connectivity index (χ3v) is 4.10. The first kappa shape index (κ1) is 19.0. The molecule has 2 aromatic carbocycles. The highest BCUT2D eigenvalue weighted by molar-refractivity contribution is 6.04. The van der Waals surface area contributed by atoms with E-state index in [0.29, 0.717) is 22.8 Å². The number of carbonyl (C=O) groups is 2. The van der Waals surface area contributed by atoms with E-state index in [1.807, 2.05) is 43.3 Å². The van der Waals surface area contributed by atoms with E-state index in [0.717, 1.165) is 11.4 Å². The zero-order valence-electron chi connectivity index (χ0n) is 15.9. The zero-order valence-corrected chi connectivity index (χ0v) is 15.9. The number of amides is 1. The van der Waals surface area contributed by atoms with Crippen LogP contribution >= 0.6 is 0 Å². The highest BCUT2D eigenvalue weighted by Crippen LogP contribution is 2.18. The SMILES string of the molecule is CC(=O)c1ccc(NC(=O)c2cnc(Nc3ccc(N(C)C)cc3)nc2)cc1. The van der Waals surface area contributed by atoms with Crippen molar-refractivity contribution in [1.82, 2.24) is 9.97 Å². The highest BCUT2D eigenvalue weighted by Gasteiger charge is 2.09. The summed E-state index contributed by atoms with van der Waals surface area (Å²) in [7, 11) is 3.96. The summed E-state index contributed by atoms with van der Waals surface area (Å²) in [5.74, 6) is 0.0585. The van der Waals surface area contributed by atoms with Crippen molar-refractivity contribution in [3.8, 4) is 0 Å². The van der Waals surface area contributed by atoms with Crippen LogP contribution in [0.5, 0.6) is 0 Å². The van der Waals surface area contributed by atoms with E-state index in [1.165, 1.54) is 19.3 Å². The standard InChI is InChI=1S/C21H21N5O2/c1-14(27)15-4-6-17(7-5-15)24-20(28)16-12-22-21(23-13-16)25-18-8-10-19(11-9-18)26(2)3/h4-13H,1-3H3,(H,24,28)(H,22,23,25). The average molecular weight is 375 g/mol. The topological polar surface area (TPSA) is 87.2 Å². The molecule has 142 valence electrons. The molecule has 0 aliphatic heterocycles. The second kappa shape index (κ2) is 8.30. The molecule has 0 aliphatic carbocycles. The van der Waals surface area contributed by atoms with E-state index in [9.17, 15) is 9.59 Å². The first-order valence-corrected chi connectivity index (χ1v) is 8.71. The van der Waals surface area contributed by atoms with Crippen molar-refractivity contribution in [3.05, 3.63) is 72.1 Å². The fourth-order valence-corrected chi connectivity index (χ4v) is 2.47. The normalized spacial score (nSPS) is 10.2. The van der Waals surface area contributed by atoms with Crippen LogP contribution in [0.25, 0.3) is 0 Å². The maximum absolute atomic E-state index is 12.3. The molecule has 0 aliphatic rings. The number of hydrogen-bond acceptors (Lipinski definition) is 6. The smallest absolute Gasteiger partial charge is 0.258 e. The number of carbonyl (C=O) groups excluding carboxylic acids is 2. The van der Waals surface area contributed by atoms with E-state index in [4.69, 9.17) is 0 Å². The molecule has 28 heavy (non-hydrogen) atoms. The molecule has 1 amide bonds. The van der Waals surface area contributed by atoms with Gasteiger partial charge in [0.2, 0.25) is 5.95 Å². The van der Waals surface area contributed by atoms with Gasteiger partial charge in [-0.3, -0.25) is 9.59 Å². The summed E-state index contributed by atoms with van der Waals surface area (Å²) in [6, 6.07) is 14.6. The van der Waals surface area contributed by atoms with Crippen LogP contribution in [0.3, 0.4) is 0 Å². The molecule has 1 aromatic heterocycles. The molecule has 1 heterocycles. The molecule has 7 nitrogen and oxygen atoms in total. The minimum atomic E-state index is -0.322. The Morgan fingerprint density at radius 2 is 1.39 bits per heavy atom. The summed E-state index contributed by atoms with van der Waals surface area (Å²) in [4.78, 5) is 34.0. The number of Topliss-reactive ketones (excluding diaryl/α,β-unsaturated/α-hetero) is 1. The molecule has 0 spiro atoms. The van der Waals surface area contributed by atoms with Crippen LogP contribution in [0.1, 0.15) is 27.6 Å². The third-order valence-electron chi connectivity index (χ3n) is 4.10.